The number of hydrogen-bond donors (Lipinski definition) is 0. The lowest BCUT2D eigenvalue weighted by atomic mass is 10.0. The molecule has 1 fully saturated rings. The minimum absolute atomic E-state index is 0.167. The average molecular weight is 249 g/mol. The van der Waals surface area contributed by atoms with E-state index < -0.39 is 15.4 Å². The van der Waals surface area contributed by atoms with Gasteiger partial charge in [0.15, 0.2) is 9.84 Å². The van der Waals surface area contributed by atoms with Crippen molar-refractivity contribution in [1.82, 2.24) is 0 Å². The number of benzene rings is 1. The Morgan fingerprint density at radius 3 is 2.71 bits per heavy atom. The predicted octanol–water partition coefficient (Wildman–Crippen LogP) is 1.34. The van der Waals surface area contributed by atoms with Crippen LogP contribution < -0.4 is 0 Å². The highest BCUT2D eigenvalue weighted by Crippen LogP contribution is 2.52. The molecule has 17 heavy (non-hydrogen) atoms. The van der Waals surface area contributed by atoms with E-state index in [4.69, 9.17) is 0 Å². The van der Waals surface area contributed by atoms with Crippen LogP contribution in [0.1, 0.15) is 24.0 Å². The molecule has 0 amide bonds. The zero-order chi connectivity index (χ0) is 12.1. The van der Waals surface area contributed by atoms with Gasteiger partial charge in [-0.1, -0.05) is 18.2 Å². The van der Waals surface area contributed by atoms with Gasteiger partial charge in [0.2, 0.25) is 6.08 Å². The molecule has 1 aliphatic carbocycles. The van der Waals surface area contributed by atoms with Crippen LogP contribution in [0.2, 0.25) is 0 Å². The third kappa shape index (κ3) is 1.47. The van der Waals surface area contributed by atoms with Crippen LogP contribution in [0, 0.1) is 0 Å². The van der Waals surface area contributed by atoms with E-state index in [1.165, 1.54) is 0 Å². The number of nitrogens with zero attached hydrogens (tertiary/aromatic N) is 1. The molecular weight excluding hydrogens is 238 g/mol. The van der Waals surface area contributed by atoms with Gasteiger partial charge in [-0.3, -0.25) is 0 Å². The van der Waals surface area contributed by atoms with Crippen molar-refractivity contribution < 1.29 is 13.2 Å². The van der Waals surface area contributed by atoms with Gasteiger partial charge in [-0.15, -0.1) is 0 Å². The smallest absolute Gasteiger partial charge is 0.224 e. The van der Waals surface area contributed by atoms with Crippen molar-refractivity contribution in [3.63, 3.8) is 0 Å². The molecule has 1 aliphatic heterocycles. The summed E-state index contributed by atoms with van der Waals surface area (Å²) in [5.41, 5.74) is 0.940. The molecule has 0 saturated heterocycles. The molecule has 0 atom stereocenters. The third-order valence-electron chi connectivity index (χ3n) is 3.53. The highest BCUT2D eigenvalue weighted by Gasteiger charge is 2.49. The first kappa shape index (κ1) is 10.7. The maximum atomic E-state index is 12.0. The molecule has 1 heterocycles. The van der Waals surface area contributed by atoms with Crippen LogP contribution in [0.25, 0.3) is 0 Å². The molecule has 1 aromatic rings. The maximum absolute atomic E-state index is 12.0. The van der Waals surface area contributed by atoms with Crippen LogP contribution in [-0.2, 0) is 26.6 Å². The Hall–Kier alpha value is -1.45. The van der Waals surface area contributed by atoms with E-state index in [1.54, 1.807) is 12.1 Å². The summed E-state index contributed by atoms with van der Waals surface area (Å²) in [6.45, 7) is 0. The molecule has 0 aromatic heterocycles. The first-order valence-electron chi connectivity index (χ1n) is 5.53. The van der Waals surface area contributed by atoms with Gasteiger partial charge >= 0.3 is 0 Å². The van der Waals surface area contributed by atoms with Gasteiger partial charge in [-0.2, -0.15) is 4.99 Å². The fourth-order valence-corrected chi connectivity index (χ4v) is 4.36. The fourth-order valence-electron chi connectivity index (χ4n) is 2.51. The Morgan fingerprint density at radius 1 is 1.29 bits per heavy atom. The first-order chi connectivity index (χ1) is 8.09. The Labute approximate surface area is 99.3 Å². The molecule has 5 heteroatoms. The summed E-state index contributed by atoms with van der Waals surface area (Å²) in [5.74, 6) is 0.167. The van der Waals surface area contributed by atoms with E-state index in [0.29, 0.717) is 16.9 Å². The summed E-state index contributed by atoms with van der Waals surface area (Å²) in [6.07, 6.45) is 3.59. The number of aryl methyl sites for hydroxylation is 1. The third-order valence-corrected chi connectivity index (χ3v) is 5.38. The molecule has 4 nitrogen and oxygen atoms in total. The van der Waals surface area contributed by atoms with Crippen LogP contribution in [0.4, 0.5) is 0 Å². The minimum Gasteiger partial charge on any atom is -0.224 e. The second-order valence-corrected chi connectivity index (χ2v) is 6.64. The van der Waals surface area contributed by atoms with Gasteiger partial charge in [0, 0.05) is 0 Å². The van der Waals surface area contributed by atoms with E-state index >= 15 is 0 Å². The summed E-state index contributed by atoms with van der Waals surface area (Å²) in [4.78, 5) is 14.7. The second kappa shape index (κ2) is 3.28. The van der Waals surface area contributed by atoms with Crippen LogP contribution in [-0.4, -0.2) is 20.3 Å². The van der Waals surface area contributed by atoms with Crippen molar-refractivity contribution in [1.29, 1.82) is 0 Å². The number of fused-ring (bicyclic) bond motifs is 1. The molecule has 0 unspecified atom stereocenters. The van der Waals surface area contributed by atoms with E-state index in [2.05, 4.69) is 4.99 Å². The number of hydrogen-bond acceptors (Lipinski definition) is 4. The molecule has 0 spiro atoms. The van der Waals surface area contributed by atoms with Crippen LogP contribution in [0.5, 0.6) is 0 Å². The van der Waals surface area contributed by atoms with Crippen molar-refractivity contribution in [3.8, 4) is 0 Å². The van der Waals surface area contributed by atoms with Gasteiger partial charge in [-0.25, -0.2) is 13.2 Å². The topological polar surface area (TPSA) is 63.6 Å². The molecule has 0 bridgehead atoms. The first-order valence-corrected chi connectivity index (χ1v) is 7.18. The number of aliphatic imine (C=N–C) groups is 1. The maximum Gasteiger partial charge on any atom is 0.235 e. The monoisotopic (exact) mass is 249 g/mol. The lowest BCUT2D eigenvalue weighted by molar-refractivity contribution is 0.554. The summed E-state index contributed by atoms with van der Waals surface area (Å²) in [7, 11) is -3.19. The van der Waals surface area contributed by atoms with E-state index in [0.717, 1.165) is 18.4 Å². The number of carbonyl (C=O) groups excluding carboxylic acids is 1. The molecule has 1 saturated carbocycles. The summed E-state index contributed by atoms with van der Waals surface area (Å²) in [6, 6.07) is 5.45. The zero-order valence-corrected chi connectivity index (χ0v) is 9.96. The second-order valence-electron chi connectivity index (χ2n) is 4.60. The van der Waals surface area contributed by atoms with Gasteiger partial charge in [-0.05, 0) is 30.4 Å². The average Bonchev–Trinajstić information content (AvgIpc) is 3.01. The van der Waals surface area contributed by atoms with Crippen molar-refractivity contribution in [2.24, 2.45) is 4.99 Å². The van der Waals surface area contributed by atoms with Gasteiger partial charge in [0.25, 0.3) is 0 Å². The summed E-state index contributed by atoms with van der Waals surface area (Å²) in [5, 5.41) is 0. The molecule has 0 radical (unpaired) electrons. The van der Waals surface area contributed by atoms with E-state index in [9.17, 15) is 13.2 Å². The van der Waals surface area contributed by atoms with Crippen LogP contribution in [0.3, 0.4) is 0 Å². The number of rotatable bonds is 2. The summed E-state index contributed by atoms with van der Waals surface area (Å²) >= 11 is 0. The predicted molar refractivity (Wildman–Crippen MR) is 61.2 cm³/mol. The van der Waals surface area contributed by atoms with Crippen LogP contribution >= 0.6 is 0 Å². The van der Waals surface area contributed by atoms with Crippen molar-refractivity contribution in [3.05, 3.63) is 29.3 Å². The van der Waals surface area contributed by atoms with E-state index in [-0.39, 0.29) is 5.75 Å². The molecule has 3 rings (SSSR count). The van der Waals surface area contributed by atoms with Crippen LogP contribution in [0.15, 0.2) is 28.1 Å². The quantitative estimate of drug-likeness (QED) is 0.587. The Kier molecular flexibility index (Phi) is 2.06. The standard InChI is InChI=1S/C12H11NO3S/c14-8-13-12(5-6-12)10-3-1-2-9-4-7-17(15,16)11(9)10/h1-3H,4-7H2. The highest BCUT2D eigenvalue weighted by molar-refractivity contribution is 7.91. The highest BCUT2D eigenvalue weighted by atomic mass is 32.2. The SMILES string of the molecule is O=C=NC1(c2cccc3c2S(=O)(=O)CC3)CC1. The Balaban J connectivity index is 2.27. The molecule has 88 valence electrons. The number of isocyanates is 1. The van der Waals surface area contributed by atoms with E-state index in [1.807, 2.05) is 12.1 Å². The zero-order valence-electron chi connectivity index (χ0n) is 9.14. The molecule has 0 N–H and O–H groups in total. The van der Waals surface area contributed by atoms with Crippen molar-refractivity contribution in [2.45, 2.75) is 29.7 Å². The molecular formula is C12H11NO3S. The lowest BCUT2D eigenvalue weighted by Gasteiger charge is -2.12. The molecule has 2 aliphatic rings. The number of sulfone groups is 1. The fraction of sp³-hybridized carbons (Fsp3) is 0.417. The molecule has 1 aromatic carbocycles. The van der Waals surface area contributed by atoms with Crippen molar-refractivity contribution >= 4 is 15.9 Å². The normalized spacial score (nSPS) is 22.6. The minimum atomic E-state index is -3.19. The van der Waals surface area contributed by atoms with Gasteiger partial charge in [0.1, 0.15) is 0 Å². The lowest BCUT2D eigenvalue weighted by Crippen LogP contribution is -2.10. The van der Waals surface area contributed by atoms with Crippen molar-refractivity contribution in [2.75, 3.05) is 5.75 Å². The Morgan fingerprint density at radius 2 is 2.06 bits per heavy atom. The largest absolute Gasteiger partial charge is 0.235 e. The Bertz CT molecular complexity index is 638. The van der Waals surface area contributed by atoms with Gasteiger partial charge in [0.05, 0.1) is 16.2 Å². The summed E-state index contributed by atoms with van der Waals surface area (Å²) < 4.78 is 24.0. The van der Waals surface area contributed by atoms with Gasteiger partial charge < -0.3 is 0 Å².